The predicted octanol–water partition coefficient (Wildman–Crippen LogP) is 8.93. The number of carbonyl (C=O) groups excluding carboxylic acids is 4. The molecule has 14 heteroatoms. The first-order valence-electron chi connectivity index (χ1n) is 22.5. The van der Waals surface area contributed by atoms with E-state index < -0.39 is 24.3 Å². The van der Waals surface area contributed by atoms with Crippen molar-refractivity contribution in [3.8, 4) is 11.1 Å². The van der Waals surface area contributed by atoms with Crippen molar-refractivity contribution in [2.75, 3.05) is 14.2 Å². The van der Waals surface area contributed by atoms with Crippen LogP contribution < -0.4 is 10.6 Å². The molecule has 2 saturated carbocycles. The summed E-state index contributed by atoms with van der Waals surface area (Å²) in [6, 6.07) is 37.7. The number of methoxy groups -OCH3 is 2. The number of aromatic amines is 2. The van der Waals surface area contributed by atoms with Gasteiger partial charge in [0, 0.05) is 22.9 Å². The van der Waals surface area contributed by atoms with Crippen LogP contribution in [-0.4, -0.2) is 80.0 Å². The smallest absolute Gasteiger partial charge is 0.407 e. The van der Waals surface area contributed by atoms with Gasteiger partial charge in [-0.15, -0.1) is 0 Å². The molecular weight excluding hydrogens is 833 g/mol. The van der Waals surface area contributed by atoms with Gasteiger partial charge in [0.1, 0.15) is 23.7 Å². The molecule has 4 heterocycles. The van der Waals surface area contributed by atoms with Gasteiger partial charge in [0.05, 0.1) is 48.4 Å². The number of carbonyl (C=O) groups is 4. The van der Waals surface area contributed by atoms with E-state index in [-0.39, 0.29) is 36.0 Å². The standard InChI is InChI=1S/C52H46N8O6/c1-65-51(63)57-43(27-9-5-3-6-10-27)49(61)59-39-23-33(39)25-41(59)47-53-37-19-15-31-21-29(13-17-35(31)45(37)55-47)30-14-18-36-32(22-30)16-20-38-46(36)56-48(54-38)42-26-34-24-40(34)60(42)50(62)44(58-52(64)66-2)28-11-7-4-8-12-28/h3-22,33-34,39-44H,23-26H2,1-2H3,(H,53,55)(H,54,56)(H,57,63)(H,58,64)/t33-,34-,39-,40-,41+,42+,43-,44-/m1/s1. The molecule has 4 N–H and O–H groups in total. The van der Waals surface area contributed by atoms with E-state index in [2.05, 4.69) is 81.3 Å². The van der Waals surface area contributed by atoms with Gasteiger partial charge in [-0.3, -0.25) is 9.59 Å². The number of alkyl carbamates (subject to hydrolysis) is 2. The first-order valence-corrected chi connectivity index (χ1v) is 22.5. The summed E-state index contributed by atoms with van der Waals surface area (Å²) in [6.07, 6.45) is 2.16. The minimum Gasteiger partial charge on any atom is -0.453 e. The van der Waals surface area contributed by atoms with E-state index in [0.29, 0.717) is 23.0 Å². The number of H-pyrrole nitrogens is 2. The number of nitrogens with zero attached hydrogens (tertiary/aromatic N) is 4. The van der Waals surface area contributed by atoms with Crippen molar-refractivity contribution in [2.24, 2.45) is 11.8 Å². The molecule has 14 nitrogen and oxygen atoms in total. The van der Waals surface area contributed by atoms with E-state index in [0.717, 1.165) is 92.1 Å². The highest BCUT2D eigenvalue weighted by atomic mass is 16.5. The lowest BCUT2D eigenvalue weighted by Crippen LogP contribution is -2.44. The third kappa shape index (κ3) is 6.69. The average Bonchev–Trinajstić information content (AvgIpc) is 4.00. The normalized spacial score (nSPS) is 22.5. The fourth-order valence-electron chi connectivity index (χ4n) is 10.9. The minimum absolute atomic E-state index is 0.101. The molecule has 2 aliphatic carbocycles. The Labute approximate surface area is 378 Å². The number of rotatable bonds is 9. The summed E-state index contributed by atoms with van der Waals surface area (Å²) in [5.74, 6) is 1.92. The topological polar surface area (TPSA) is 175 Å². The molecule has 0 radical (unpaired) electrons. The van der Waals surface area contributed by atoms with E-state index >= 15 is 0 Å². The van der Waals surface area contributed by atoms with Crippen molar-refractivity contribution in [2.45, 2.75) is 61.9 Å². The number of aromatic nitrogens is 4. The molecule has 2 aromatic heterocycles. The van der Waals surface area contributed by atoms with Gasteiger partial charge in [-0.1, -0.05) is 97.1 Å². The number of likely N-dealkylation sites (tertiary alicyclic amines) is 2. The van der Waals surface area contributed by atoms with Crippen molar-refractivity contribution < 1.29 is 28.7 Å². The molecule has 6 aromatic carbocycles. The van der Waals surface area contributed by atoms with Crippen molar-refractivity contribution in [3.63, 3.8) is 0 Å². The quantitative estimate of drug-likeness (QED) is 0.111. The second-order valence-corrected chi connectivity index (χ2v) is 18.1. The van der Waals surface area contributed by atoms with Gasteiger partial charge in [-0.05, 0) is 94.8 Å². The van der Waals surface area contributed by atoms with Crippen molar-refractivity contribution in [1.29, 1.82) is 0 Å². The minimum atomic E-state index is -0.884. The number of piperidine rings is 2. The lowest BCUT2D eigenvalue weighted by Gasteiger charge is -2.30. The van der Waals surface area contributed by atoms with E-state index in [4.69, 9.17) is 19.4 Å². The molecule has 8 aromatic rings. The summed E-state index contributed by atoms with van der Waals surface area (Å²) < 4.78 is 9.81. The zero-order valence-electron chi connectivity index (χ0n) is 36.2. The van der Waals surface area contributed by atoms with E-state index in [1.165, 1.54) is 14.2 Å². The fourth-order valence-corrected chi connectivity index (χ4v) is 10.9. The third-order valence-electron chi connectivity index (χ3n) is 14.3. The second kappa shape index (κ2) is 15.5. The maximum Gasteiger partial charge on any atom is 0.407 e. The number of fused-ring (bicyclic) bond motifs is 8. The van der Waals surface area contributed by atoms with Gasteiger partial charge < -0.3 is 39.9 Å². The number of hydrogen-bond donors (Lipinski definition) is 4. The SMILES string of the molecule is COC(=O)N[C@@H](C(=O)N1[C@@H]2C[C@@H]2C[C@H]1c1nc2c(ccc3cc(-c4ccc5c(ccc6[nH]c([C@@H]7C[C@H]8C[C@H]8N7C(=O)[C@H](NC(=O)OC)c7ccccc7)nc65)c4)ccc32)[nH]1)c1ccccc1. The van der Waals surface area contributed by atoms with Crippen molar-refractivity contribution >= 4 is 67.6 Å². The second-order valence-electron chi connectivity index (χ2n) is 18.1. The largest absolute Gasteiger partial charge is 0.453 e. The Morgan fingerprint density at radius 3 is 1.39 bits per heavy atom. The van der Waals surface area contributed by atoms with Crippen LogP contribution in [0.1, 0.15) is 72.6 Å². The van der Waals surface area contributed by atoms with Crippen molar-refractivity contribution in [1.82, 2.24) is 40.4 Å². The van der Waals surface area contributed by atoms with Gasteiger partial charge in [0.15, 0.2) is 0 Å². The highest BCUT2D eigenvalue weighted by Gasteiger charge is 2.57. The molecule has 0 bridgehead atoms. The van der Waals surface area contributed by atoms with Gasteiger partial charge in [-0.2, -0.15) is 0 Å². The maximum absolute atomic E-state index is 14.3. The third-order valence-corrected chi connectivity index (χ3v) is 14.3. The number of amides is 4. The van der Waals surface area contributed by atoms with E-state index in [1.807, 2.05) is 70.5 Å². The van der Waals surface area contributed by atoms with Crippen LogP contribution in [-0.2, 0) is 19.1 Å². The Hall–Kier alpha value is -7.74. The Bertz CT molecular complexity index is 3040. The monoisotopic (exact) mass is 878 g/mol. The number of hydrogen-bond acceptors (Lipinski definition) is 8. The summed E-state index contributed by atoms with van der Waals surface area (Å²) in [5.41, 5.74) is 7.00. The molecule has 2 saturated heterocycles. The van der Waals surface area contributed by atoms with Crippen LogP contribution in [0.2, 0.25) is 0 Å². The molecule has 8 atom stereocenters. The molecular formula is C52H46N8O6. The van der Waals surface area contributed by atoms with Crippen LogP contribution in [0.3, 0.4) is 0 Å². The van der Waals surface area contributed by atoms with E-state index in [1.54, 1.807) is 0 Å². The molecule has 2 aliphatic heterocycles. The van der Waals surface area contributed by atoms with Crippen LogP contribution in [0, 0.1) is 11.8 Å². The lowest BCUT2D eigenvalue weighted by molar-refractivity contribution is -0.136. The first-order chi connectivity index (χ1) is 32.2. The molecule has 4 fully saturated rings. The van der Waals surface area contributed by atoms with Gasteiger partial charge in [0.25, 0.3) is 11.8 Å². The molecule has 4 amide bonds. The van der Waals surface area contributed by atoms with Crippen LogP contribution in [0.5, 0.6) is 0 Å². The number of nitrogens with one attached hydrogen (secondary N) is 4. The molecule has 0 spiro atoms. The summed E-state index contributed by atoms with van der Waals surface area (Å²) in [6.45, 7) is 0. The van der Waals surface area contributed by atoms with E-state index in [9.17, 15) is 19.2 Å². The summed E-state index contributed by atoms with van der Waals surface area (Å²) in [5, 5.41) is 9.66. The molecule has 4 aliphatic rings. The summed E-state index contributed by atoms with van der Waals surface area (Å²) in [4.78, 5) is 74.8. The van der Waals surface area contributed by atoms with Crippen LogP contribution in [0.25, 0.3) is 54.7 Å². The van der Waals surface area contributed by atoms with Crippen LogP contribution >= 0.6 is 0 Å². The fraction of sp³-hybridized carbons (Fsp3) is 0.269. The Morgan fingerprint density at radius 2 is 0.985 bits per heavy atom. The zero-order chi connectivity index (χ0) is 44.8. The molecule has 0 unspecified atom stereocenters. The Balaban J connectivity index is 0.818. The van der Waals surface area contributed by atoms with Gasteiger partial charge >= 0.3 is 12.2 Å². The van der Waals surface area contributed by atoms with Crippen LogP contribution in [0.15, 0.2) is 121 Å². The first kappa shape index (κ1) is 39.8. The Kier molecular flexibility index (Phi) is 9.33. The molecule has 12 rings (SSSR count). The predicted molar refractivity (Wildman–Crippen MR) is 248 cm³/mol. The highest BCUT2D eigenvalue weighted by molar-refractivity contribution is 6.07. The molecule has 330 valence electrons. The highest BCUT2D eigenvalue weighted by Crippen LogP contribution is 2.55. The maximum atomic E-state index is 14.3. The lowest BCUT2D eigenvalue weighted by atomic mass is 9.98. The summed E-state index contributed by atoms with van der Waals surface area (Å²) >= 11 is 0. The number of ether oxygens (including phenoxy) is 2. The van der Waals surface area contributed by atoms with Crippen molar-refractivity contribution in [3.05, 3.63) is 144 Å². The van der Waals surface area contributed by atoms with Gasteiger partial charge in [0.2, 0.25) is 0 Å². The average molecular weight is 879 g/mol. The Morgan fingerprint density at radius 1 is 0.561 bits per heavy atom. The van der Waals surface area contributed by atoms with Crippen LogP contribution in [0.4, 0.5) is 9.59 Å². The molecule has 66 heavy (non-hydrogen) atoms. The zero-order valence-corrected chi connectivity index (χ0v) is 36.2. The summed E-state index contributed by atoms with van der Waals surface area (Å²) in [7, 11) is 2.59. The number of benzene rings is 6. The number of imidazole rings is 2. The van der Waals surface area contributed by atoms with Gasteiger partial charge in [-0.25, -0.2) is 19.6 Å².